The molecule has 0 saturated heterocycles. The highest BCUT2D eigenvalue weighted by molar-refractivity contribution is 7.93. The number of nitrogens with one attached hydrogen (secondary N) is 1. The maximum Gasteiger partial charge on any atom is 0.354 e. The zero-order chi connectivity index (χ0) is 21.0. The molecule has 29 heavy (non-hydrogen) atoms. The smallest absolute Gasteiger partial charge is 0.354 e. The van der Waals surface area contributed by atoms with Crippen molar-refractivity contribution in [1.82, 2.24) is 9.97 Å². The van der Waals surface area contributed by atoms with Crippen molar-refractivity contribution in [2.75, 3.05) is 5.32 Å². The fourth-order valence-corrected chi connectivity index (χ4v) is 5.64. The van der Waals surface area contributed by atoms with Crippen LogP contribution in [0.4, 0.5) is 10.5 Å². The summed E-state index contributed by atoms with van der Waals surface area (Å²) in [6.07, 6.45) is 4.53. The molecule has 0 spiro atoms. The lowest BCUT2D eigenvalue weighted by molar-refractivity contribution is 0.0782. The van der Waals surface area contributed by atoms with Crippen molar-refractivity contribution in [2.45, 2.75) is 55.8 Å². The minimum Gasteiger partial charge on any atom is -0.383 e. The van der Waals surface area contributed by atoms with E-state index >= 15 is 0 Å². The minimum absolute atomic E-state index is 0.0337. The number of urea groups is 1. The van der Waals surface area contributed by atoms with Crippen LogP contribution in [0.1, 0.15) is 59.0 Å². The van der Waals surface area contributed by atoms with Crippen LogP contribution in [0.15, 0.2) is 14.8 Å². The Bertz CT molecular complexity index is 1160. The molecule has 2 heterocycles. The second-order valence-electron chi connectivity index (χ2n) is 7.65. The largest absolute Gasteiger partial charge is 0.383 e. The molecule has 4 rings (SSSR count). The molecule has 2 aliphatic rings. The average Bonchev–Trinajstić information content (AvgIpc) is 3.33. The molecule has 11 heteroatoms. The molecule has 0 bridgehead atoms. The van der Waals surface area contributed by atoms with Crippen LogP contribution in [0.25, 0.3) is 0 Å². The minimum atomic E-state index is -3.53. The number of aliphatic hydroxyl groups is 1. The molecule has 0 radical (unpaired) electrons. The summed E-state index contributed by atoms with van der Waals surface area (Å²) in [4.78, 5) is 33.2. The third-order valence-electron chi connectivity index (χ3n) is 4.94. The lowest BCUT2D eigenvalue weighted by atomic mass is 10.1. The molecule has 2 aliphatic carbocycles. The molecular weight excluding hydrogens is 414 g/mol. The number of amides is 2. The first-order chi connectivity index (χ1) is 13.6. The van der Waals surface area contributed by atoms with E-state index in [2.05, 4.69) is 19.6 Å². The third-order valence-corrected chi connectivity index (χ3v) is 8.13. The Labute approximate surface area is 172 Å². The Kier molecular flexibility index (Phi) is 4.80. The van der Waals surface area contributed by atoms with E-state index in [0.717, 1.165) is 41.9 Å². The van der Waals surface area contributed by atoms with Crippen LogP contribution < -0.4 is 10.5 Å². The maximum absolute atomic E-state index is 12.8. The third kappa shape index (κ3) is 3.70. The predicted molar refractivity (Wildman–Crippen MR) is 108 cm³/mol. The van der Waals surface area contributed by atoms with Crippen LogP contribution in [0.2, 0.25) is 0 Å². The Morgan fingerprint density at radius 1 is 1.31 bits per heavy atom. The van der Waals surface area contributed by atoms with Crippen LogP contribution in [-0.2, 0) is 34.8 Å². The van der Waals surface area contributed by atoms with Crippen molar-refractivity contribution in [1.29, 1.82) is 0 Å². The van der Waals surface area contributed by atoms with Crippen molar-refractivity contribution in [3.8, 4) is 0 Å². The standard InChI is InChI=1S/C18H21N5O4S2/c1-18(2,26)16-20-8-13(28-16)29(19,27)23-17(25)22-14-9-4-3-5-11(9)21-15-10(14)6-7-12(15)24/h8,26H,3-7H2,1-2H3,(H3,19,21,22,23,25,27). The number of Topliss-reactive ketones (excluding diaryl/α,β-unsaturated/α-hetero) is 1. The number of anilines is 1. The zero-order valence-electron chi connectivity index (χ0n) is 16.0. The van der Waals surface area contributed by atoms with Crippen LogP contribution >= 0.6 is 11.3 Å². The van der Waals surface area contributed by atoms with E-state index in [1.54, 1.807) is 13.8 Å². The summed E-state index contributed by atoms with van der Waals surface area (Å²) in [7, 11) is -3.53. The van der Waals surface area contributed by atoms with Gasteiger partial charge in [-0.05, 0) is 45.1 Å². The number of hydrogen-bond donors (Lipinski definition) is 3. The van der Waals surface area contributed by atoms with E-state index in [9.17, 15) is 18.9 Å². The highest BCUT2D eigenvalue weighted by atomic mass is 32.2. The normalized spacial score (nSPS) is 17.6. The van der Waals surface area contributed by atoms with Gasteiger partial charge in [-0.1, -0.05) is 0 Å². The topological polar surface area (TPSA) is 148 Å². The fraction of sp³-hybridized carbons (Fsp3) is 0.444. The van der Waals surface area contributed by atoms with E-state index in [1.807, 2.05) is 0 Å². The number of nitrogens with two attached hydrogens (primary N) is 1. The number of hydrogen-bond acceptors (Lipinski definition) is 7. The van der Waals surface area contributed by atoms with Gasteiger partial charge in [-0.15, -0.1) is 15.7 Å². The van der Waals surface area contributed by atoms with Crippen molar-refractivity contribution < 1.29 is 18.9 Å². The van der Waals surface area contributed by atoms with Crippen LogP contribution in [0, 0.1) is 0 Å². The van der Waals surface area contributed by atoms with Gasteiger partial charge in [0.15, 0.2) is 15.7 Å². The maximum atomic E-state index is 12.8. The second kappa shape index (κ2) is 6.94. The number of aromatic nitrogens is 2. The van der Waals surface area contributed by atoms with Gasteiger partial charge in [0.1, 0.15) is 20.5 Å². The fourth-order valence-electron chi connectivity index (χ4n) is 3.58. The Morgan fingerprint density at radius 2 is 2.07 bits per heavy atom. The van der Waals surface area contributed by atoms with E-state index in [1.165, 1.54) is 6.20 Å². The first kappa shape index (κ1) is 20.1. The molecule has 0 aromatic carbocycles. The first-order valence-corrected chi connectivity index (χ1v) is 11.6. The van der Waals surface area contributed by atoms with Crippen molar-refractivity contribution in [3.63, 3.8) is 0 Å². The molecule has 2 amide bonds. The summed E-state index contributed by atoms with van der Waals surface area (Å²) in [5.74, 6) is -0.0337. The van der Waals surface area contributed by atoms with Gasteiger partial charge in [-0.25, -0.2) is 24.1 Å². The number of rotatable bonds is 3. The number of carbonyl (C=O) groups excluding carboxylic acids is 2. The first-order valence-electron chi connectivity index (χ1n) is 9.18. The summed E-state index contributed by atoms with van der Waals surface area (Å²) in [5, 5.41) is 18.9. The second-order valence-corrected chi connectivity index (χ2v) is 10.7. The monoisotopic (exact) mass is 435 g/mol. The molecule has 0 fully saturated rings. The van der Waals surface area contributed by atoms with E-state index in [4.69, 9.17) is 5.14 Å². The zero-order valence-corrected chi connectivity index (χ0v) is 17.7. The van der Waals surface area contributed by atoms with Gasteiger partial charge < -0.3 is 10.4 Å². The molecule has 0 aliphatic heterocycles. The summed E-state index contributed by atoms with van der Waals surface area (Å²) >= 11 is 0.946. The SMILES string of the molecule is CC(C)(O)c1ncc(S(N)(=O)=NC(=O)Nc2c3c(nc4c2CCC4=O)CCC3)s1. The molecule has 2 aromatic heterocycles. The Hall–Kier alpha value is -2.21. The molecule has 1 unspecified atom stereocenters. The lowest BCUT2D eigenvalue weighted by Gasteiger charge is -2.13. The molecule has 1 atom stereocenters. The molecule has 4 N–H and O–H groups in total. The van der Waals surface area contributed by atoms with E-state index < -0.39 is 21.5 Å². The van der Waals surface area contributed by atoms with Crippen LogP contribution in [-0.4, -0.2) is 31.1 Å². The Morgan fingerprint density at radius 3 is 2.76 bits per heavy atom. The summed E-state index contributed by atoms with van der Waals surface area (Å²) in [6.45, 7) is 3.09. The van der Waals surface area contributed by atoms with Gasteiger partial charge in [0.25, 0.3) is 0 Å². The highest BCUT2D eigenvalue weighted by Crippen LogP contribution is 2.36. The summed E-state index contributed by atoms with van der Waals surface area (Å²) < 4.78 is 16.6. The van der Waals surface area contributed by atoms with Gasteiger partial charge in [0.2, 0.25) is 0 Å². The van der Waals surface area contributed by atoms with Crippen LogP contribution in [0.3, 0.4) is 0 Å². The number of carbonyl (C=O) groups is 2. The predicted octanol–water partition coefficient (Wildman–Crippen LogP) is 2.32. The molecule has 0 saturated carbocycles. The molecule has 154 valence electrons. The number of nitrogens with zero attached hydrogens (tertiary/aromatic N) is 3. The Balaban J connectivity index is 1.67. The van der Waals surface area contributed by atoms with Gasteiger partial charge in [-0.2, -0.15) is 0 Å². The van der Waals surface area contributed by atoms with Crippen LogP contribution in [0.5, 0.6) is 0 Å². The summed E-state index contributed by atoms with van der Waals surface area (Å²) in [5.41, 5.74) is 2.19. The lowest BCUT2D eigenvalue weighted by Crippen LogP contribution is -2.18. The van der Waals surface area contributed by atoms with E-state index in [0.29, 0.717) is 34.8 Å². The van der Waals surface area contributed by atoms with Crippen molar-refractivity contribution >= 4 is 38.8 Å². The van der Waals surface area contributed by atoms with Crippen molar-refractivity contribution in [3.05, 3.63) is 33.7 Å². The van der Waals surface area contributed by atoms with Gasteiger partial charge >= 0.3 is 6.03 Å². The number of ketones is 1. The van der Waals surface area contributed by atoms with Gasteiger partial charge in [-0.3, -0.25) is 4.79 Å². The average molecular weight is 436 g/mol. The number of pyridine rings is 1. The summed E-state index contributed by atoms with van der Waals surface area (Å²) in [6, 6.07) is -0.849. The van der Waals surface area contributed by atoms with E-state index in [-0.39, 0.29) is 9.99 Å². The molecular formula is C18H21N5O4S2. The number of aryl methyl sites for hydroxylation is 1. The molecule has 9 nitrogen and oxygen atoms in total. The quantitative estimate of drug-likeness (QED) is 0.674. The highest BCUT2D eigenvalue weighted by Gasteiger charge is 2.31. The number of thiazole rings is 1. The van der Waals surface area contributed by atoms with Gasteiger partial charge in [0, 0.05) is 17.7 Å². The number of fused-ring (bicyclic) bond motifs is 2. The molecule has 2 aromatic rings. The van der Waals surface area contributed by atoms with Gasteiger partial charge in [0.05, 0.1) is 11.9 Å². The van der Waals surface area contributed by atoms with Crippen molar-refractivity contribution in [2.24, 2.45) is 9.50 Å².